The summed E-state index contributed by atoms with van der Waals surface area (Å²) in [7, 11) is 0. The second-order valence-corrected chi connectivity index (χ2v) is 8.14. The number of halogens is 1. The molecule has 1 aromatic heterocycles. The number of aromatic nitrogens is 1. The third-order valence-electron chi connectivity index (χ3n) is 4.06. The van der Waals surface area contributed by atoms with Crippen LogP contribution in [0, 0.1) is 0 Å². The van der Waals surface area contributed by atoms with Crippen LogP contribution in [0.15, 0.2) is 58.4 Å². The zero-order valence-corrected chi connectivity index (χ0v) is 16.8. The van der Waals surface area contributed by atoms with Gasteiger partial charge in [-0.25, -0.2) is 4.98 Å². The first-order chi connectivity index (χ1) is 12.4. The van der Waals surface area contributed by atoms with Crippen LogP contribution in [0.25, 0.3) is 10.6 Å². The number of carboxylic acid groups (broad SMARTS) is 1. The molecule has 0 saturated heterocycles. The Labute approximate surface area is 164 Å². The number of ether oxygens (including phenoxy) is 1. The van der Waals surface area contributed by atoms with E-state index in [0.29, 0.717) is 23.1 Å². The van der Waals surface area contributed by atoms with Crippen molar-refractivity contribution in [3.05, 3.63) is 69.6 Å². The molecule has 3 rings (SSSR count). The Hall–Kier alpha value is -2.18. The SMILES string of the molecule is CC(C)(C(=O)[O-])c1csc(-c2cc(Br)ccc2OCc2ccccc2)n1. The topological polar surface area (TPSA) is 62.2 Å². The van der Waals surface area contributed by atoms with Gasteiger partial charge in [0.2, 0.25) is 0 Å². The van der Waals surface area contributed by atoms with Crippen molar-refractivity contribution in [1.82, 2.24) is 4.98 Å². The molecule has 134 valence electrons. The summed E-state index contributed by atoms with van der Waals surface area (Å²) in [6, 6.07) is 15.6. The van der Waals surface area contributed by atoms with Gasteiger partial charge in [-0.3, -0.25) is 0 Å². The van der Waals surface area contributed by atoms with Crippen molar-refractivity contribution in [2.75, 3.05) is 0 Å². The van der Waals surface area contributed by atoms with E-state index in [1.54, 1.807) is 19.2 Å². The first-order valence-corrected chi connectivity index (χ1v) is 9.69. The van der Waals surface area contributed by atoms with E-state index >= 15 is 0 Å². The van der Waals surface area contributed by atoms with E-state index in [0.717, 1.165) is 15.6 Å². The number of hydrogen-bond acceptors (Lipinski definition) is 5. The lowest BCUT2D eigenvalue weighted by molar-refractivity contribution is -0.312. The summed E-state index contributed by atoms with van der Waals surface area (Å²) in [5.74, 6) is -0.451. The maximum absolute atomic E-state index is 11.4. The largest absolute Gasteiger partial charge is 0.549 e. The molecule has 0 bridgehead atoms. The molecule has 0 atom stereocenters. The van der Waals surface area contributed by atoms with Gasteiger partial charge >= 0.3 is 0 Å². The highest BCUT2D eigenvalue weighted by molar-refractivity contribution is 9.10. The summed E-state index contributed by atoms with van der Waals surface area (Å²) in [5, 5.41) is 13.8. The minimum absolute atomic E-state index is 0.443. The molecule has 0 amide bonds. The van der Waals surface area contributed by atoms with E-state index < -0.39 is 11.4 Å². The monoisotopic (exact) mass is 430 g/mol. The average molecular weight is 431 g/mol. The predicted molar refractivity (Wildman–Crippen MR) is 104 cm³/mol. The molecule has 26 heavy (non-hydrogen) atoms. The fourth-order valence-electron chi connectivity index (χ4n) is 2.32. The van der Waals surface area contributed by atoms with Crippen molar-refractivity contribution in [2.24, 2.45) is 0 Å². The van der Waals surface area contributed by atoms with E-state index in [4.69, 9.17) is 4.74 Å². The predicted octanol–water partition coefficient (Wildman–Crippen LogP) is 4.18. The molecule has 1 heterocycles. The molecule has 2 aromatic carbocycles. The number of thiazole rings is 1. The summed E-state index contributed by atoms with van der Waals surface area (Å²) >= 11 is 4.86. The fourth-order valence-corrected chi connectivity index (χ4v) is 3.69. The van der Waals surface area contributed by atoms with Crippen molar-refractivity contribution in [2.45, 2.75) is 25.9 Å². The smallest absolute Gasteiger partial charge is 0.130 e. The Morgan fingerprint density at radius 2 is 1.96 bits per heavy atom. The third-order valence-corrected chi connectivity index (χ3v) is 5.43. The molecular weight excluding hydrogens is 414 g/mol. The first kappa shape index (κ1) is 18.6. The summed E-state index contributed by atoms with van der Waals surface area (Å²) < 4.78 is 6.89. The Bertz CT molecular complexity index is 922. The zero-order chi connectivity index (χ0) is 18.7. The summed E-state index contributed by atoms with van der Waals surface area (Å²) in [5.41, 5.74) is 1.22. The Morgan fingerprint density at radius 3 is 2.65 bits per heavy atom. The van der Waals surface area contributed by atoms with Gasteiger partial charge in [-0.05, 0) is 37.6 Å². The van der Waals surface area contributed by atoms with Crippen LogP contribution in [0.5, 0.6) is 5.75 Å². The van der Waals surface area contributed by atoms with Crippen molar-refractivity contribution in [3.63, 3.8) is 0 Å². The van der Waals surface area contributed by atoms with Crippen LogP contribution in [0.2, 0.25) is 0 Å². The molecule has 0 aliphatic heterocycles. The van der Waals surface area contributed by atoms with E-state index in [2.05, 4.69) is 20.9 Å². The van der Waals surface area contributed by atoms with Crippen molar-refractivity contribution in [1.29, 1.82) is 0 Å². The maximum Gasteiger partial charge on any atom is 0.130 e. The van der Waals surface area contributed by atoms with Gasteiger partial charge in [0.25, 0.3) is 0 Å². The van der Waals surface area contributed by atoms with Crippen molar-refractivity contribution in [3.8, 4) is 16.3 Å². The lowest BCUT2D eigenvalue weighted by Gasteiger charge is -2.23. The van der Waals surface area contributed by atoms with Crippen LogP contribution in [0.1, 0.15) is 25.1 Å². The molecule has 3 aromatic rings. The van der Waals surface area contributed by atoms with Gasteiger partial charge in [0.1, 0.15) is 17.4 Å². The molecule has 0 radical (unpaired) electrons. The highest BCUT2D eigenvalue weighted by Crippen LogP contribution is 2.37. The highest BCUT2D eigenvalue weighted by atomic mass is 79.9. The second kappa shape index (κ2) is 7.60. The quantitative estimate of drug-likeness (QED) is 0.588. The Kier molecular flexibility index (Phi) is 5.44. The summed E-state index contributed by atoms with van der Waals surface area (Å²) in [6.45, 7) is 3.63. The number of rotatable bonds is 6. The molecule has 0 aliphatic rings. The second-order valence-electron chi connectivity index (χ2n) is 6.37. The number of benzene rings is 2. The van der Waals surface area contributed by atoms with Gasteiger partial charge in [-0.2, -0.15) is 0 Å². The first-order valence-electron chi connectivity index (χ1n) is 8.02. The third kappa shape index (κ3) is 3.97. The highest BCUT2D eigenvalue weighted by Gasteiger charge is 2.26. The van der Waals surface area contributed by atoms with Gasteiger partial charge in [0.15, 0.2) is 0 Å². The van der Waals surface area contributed by atoms with Crippen LogP contribution in [-0.4, -0.2) is 11.0 Å². The minimum Gasteiger partial charge on any atom is -0.549 e. The number of carboxylic acids is 1. The van der Waals surface area contributed by atoms with Crippen LogP contribution >= 0.6 is 27.3 Å². The molecule has 0 unspecified atom stereocenters. The number of aliphatic carboxylic acids is 1. The van der Waals surface area contributed by atoms with E-state index in [9.17, 15) is 9.90 Å². The molecule has 0 fully saturated rings. The fraction of sp³-hybridized carbons (Fsp3) is 0.200. The van der Waals surface area contributed by atoms with Crippen LogP contribution in [0.4, 0.5) is 0 Å². The van der Waals surface area contributed by atoms with Gasteiger partial charge in [0.05, 0.1) is 17.2 Å². The standard InChI is InChI=1S/C20H18BrNO3S/c1-20(2,19(23)24)17-12-26-18(22-17)15-10-14(21)8-9-16(15)25-11-13-6-4-3-5-7-13/h3-10,12H,11H2,1-2H3,(H,23,24)/p-1. The van der Waals surface area contributed by atoms with Gasteiger partial charge in [-0.1, -0.05) is 46.3 Å². The Morgan fingerprint density at radius 1 is 1.23 bits per heavy atom. The molecular formula is C20H17BrNO3S-. The summed E-state index contributed by atoms with van der Waals surface area (Å²) in [6.07, 6.45) is 0. The molecule has 6 heteroatoms. The Balaban J connectivity index is 1.91. The van der Waals surface area contributed by atoms with Crippen LogP contribution in [0.3, 0.4) is 0 Å². The van der Waals surface area contributed by atoms with Gasteiger partial charge in [-0.15, -0.1) is 11.3 Å². The lowest BCUT2D eigenvalue weighted by Crippen LogP contribution is -2.41. The van der Waals surface area contributed by atoms with Crippen molar-refractivity contribution >= 4 is 33.2 Å². The number of carbonyl (C=O) groups is 1. The number of carbonyl (C=O) groups excluding carboxylic acids is 1. The van der Waals surface area contributed by atoms with Crippen molar-refractivity contribution < 1.29 is 14.6 Å². The molecule has 4 nitrogen and oxygen atoms in total. The minimum atomic E-state index is -1.15. The van der Waals surface area contributed by atoms with Gasteiger partial charge < -0.3 is 14.6 Å². The number of nitrogens with zero attached hydrogens (tertiary/aromatic N) is 1. The molecule has 0 saturated carbocycles. The van der Waals surface area contributed by atoms with Gasteiger partial charge in [0, 0.05) is 15.3 Å². The number of hydrogen-bond donors (Lipinski definition) is 0. The lowest BCUT2D eigenvalue weighted by atomic mass is 9.90. The maximum atomic E-state index is 11.4. The molecule has 0 N–H and O–H groups in total. The van der Waals surface area contributed by atoms with E-state index in [1.807, 2.05) is 48.5 Å². The summed E-state index contributed by atoms with van der Waals surface area (Å²) in [4.78, 5) is 15.9. The molecule has 0 aliphatic carbocycles. The molecule has 0 spiro atoms. The zero-order valence-electron chi connectivity index (χ0n) is 14.4. The normalized spacial score (nSPS) is 11.3. The van der Waals surface area contributed by atoms with E-state index in [-0.39, 0.29) is 0 Å². The van der Waals surface area contributed by atoms with Crippen LogP contribution < -0.4 is 9.84 Å². The van der Waals surface area contributed by atoms with E-state index in [1.165, 1.54) is 11.3 Å². The average Bonchev–Trinajstić information content (AvgIpc) is 3.12. The van der Waals surface area contributed by atoms with Crippen LogP contribution in [-0.2, 0) is 16.8 Å².